The molecule has 9 heteroatoms. The zero-order valence-electron chi connectivity index (χ0n) is 15.4. The molecule has 0 heterocycles. The Labute approximate surface area is 156 Å². The molecule has 0 bridgehead atoms. The van der Waals surface area contributed by atoms with Gasteiger partial charge in [0.2, 0.25) is 0 Å². The van der Waals surface area contributed by atoms with Crippen molar-refractivity contribution in [2.24, 2.45) is 0 Å². The van der Waals surface area contributed by atoms with Crippen molar-refractivity contribution in [1.29, 1.82) is 0 Å². The molecule has 0 aliphatic rings. The second-order valence-corrected chi connectivity index (χ2v) is 10.8. The number of thiol groups is 2. The van der Waals surface area contributed by atoms with Crippen LogP contribution in [0.5, 0.6) is 0 Å². The summed E-state index contributed by atoms with van der Waals surface area (Å²) in [6.07, 6.45) is 3.33. The summed E-state index contributed by atoms with van der Waals surface area (Å²) in [6, 6.07) is 1.96. The van der Waals surface area contributed by atoms with Crippen LogP contribution in [0, 0.1) is 0 Å². The van der Waals surface area contributed by atoms with Gasteiger partial charge < -0.3 is 22.1 Å². The van der Waals surface area contributed by atoms with E-state index in [4.69, 9.17) is 22.1 Å². The molecule has 0 N–H and O–H groups in total. The Morgan fingerprint density at radius 1 is 0.783 bits per heavy atom. The first-order valence-corrected chi connectivity index (χ1v) is 13.2. The van der Waals surface area contributed by atoms with Gasteiger partial charge in [0.1, 0.15) is 0 Å². The van der Waals surface area contributed by atoms with E-state index in [2.05, 4.69) is 25.3 Å². The molecular formula is C14H36O5S2Si2. The van der Waals surface area contributed by atoms with Gasteiger partial charge in [-0.2, -0.15) is 25.3 Å². The van der Waals surface area contributed by atoms with Crippen LogP contribution >= 0.6 is 25.3 Å². The van der Waals surface area contributed by atoms with Crippen LogP contribution in [0.4, 0.5) is 0 Å². The van der Waals surface area contributed by atoms with Crippen molar-refractivity contribution in [3.05, 3.63) is 0 Å². The number of hydrogen-bond acceptors (Lipinski definition) is 7. The van der Waals surface area contributed by atoms with Crippen molar-refractivity contribution in [2.75, 3.05) is 46.0 Å². The molecule has 0 aliphatic heterocycles. The van der Waals surface area contributed by atoms with Gasteiger partial charge in [0.05, 0.1) is 0 Å². The second-order valence-electron chi connectivity index (χ2n) is 4.68. The molecule has 0 aromatic carbocycles. The predicted molar refractivity (Wildman–Crippen MR) is 108 cm³/mol. The molecule has 0 aromatic rings. The topological polar surface area (TPSA) is 46.2 Å². The van der Waals surface area contributed by atoms with Gasteiger partial charge in [-0.05, 0) is 44.2 Å². The summed E-state index contributed by atoms with van der Waals surface area (Å²) in [5.41, 5.74) is 0. The minimum Gasteiger partial charge on any atom is -0.397 e. The Bertz CT molecular complexity index is 223. The average molecular weight is 405 g/mol. The van der Waals surface area contributed by atoms with Crippen LogP contribution in [-0.2, 0) is 22.1 Å². The normalized spacial score (nSPS) is 11.5. The summed E-state index contributed by atoms with van der Waals surface area (Å²) in [5, 5.41) is 0. The molecule has 0 fully saturated rings. The van der Waals surface area contributed by atoms with E-state index in [1.807, 2.05) is 13.8 Å². The highest BCUT2D eigenvalue weighted by Crippen LogP contribution is 2.14. The average Bonchev–Trinajstić information content (AvgIpc) is 2.58. The lowest BCUT2D eigenvalue weighted by atomic mass is 10.4. The zero-order valence-corrected chi connectivity index (χ0v) is 19.3. The lowest BCUT2D eigenvalue weighted by Gasteiger charge is -2.23. The Balaban J connectivity index is 0. The zero-order chi connectivity index (χ0) is 18.0. The fourth-order valence-electron chi connectivity index (χ4n) is 1.86. The van der Waals surface area contributed by atoms with Crippen LogP contribution in [0.2, 0.25) is 12.1 Å². The Kier molecular flexibility index (Phi) is 21.9. The molecule has 0 unspecified atom stereocenters. The minimum atomic E-state index is -2.29. The van der Waals surface area contributed by atoms with Gasteiger partial charge in [-0.25, -0.2) is 0 Å². The summed E-state index contributed by atoms with van der Waals surface area (Å²) < 4.78 is 26.6. The number of unbranched alkanes of at least 4 members (excludes halogenated alkanes) is 1. The van der Waals surface area contributed by atoms with Crippen LogP contribution in [0.15, 0.2) is 0 Å². The van der Waals surface area contributed by atoms with Gasteiger partial charge in [0, 0.05) is 40.6 Å². The van der Waals surface area contributed by atoms with E-state index < -0.39 is 18.1 Å². The SMILES string of the molecule is CCO[SiH](CCCCS)OCC.CO[Si](CCCS)(OC)OC. The minimum absolute atomic E-state index is 0.789. The molecule has 0 saturated heterocycles. The van der Waals surface area contributed by atoms with E-state index in [0.29, 0.717) is 0 Å². The molecule has 0 atom stereocenters. The molecule has 0 radical (unpaired) electrons. The fourth-order valence-corrected chi connectivity index (χ4v) is 6.06. The largest absolute Gasteiger partial charge is 0.500 e. The maximum atomic E-state index is 5.52. The molecule has 0 spiro atoms. The summed E-state index contributed by atoms with van der Waals surface area (Å²) in [7, 11) is 1.28. The summed E-state index contributed by atoms with van der Waals surface area (Å²) in [6.45, 7) is 5.63. The van der Waals surface area contributed by atoms with Crippen LogP contribution < -0.4 is 0 Å². The van der Waals surface area contributed by atoms with E-state index in [1.165, 1.54) is 12.8 Å². The molecule has 23 heavy (non-hydrogen) atoms. The van der Waals surface area contributed by atoms with E-state index in [0.717, 1.165) is 43.2 Å². The Hall–Kier alpha value is 0.934. The van der Waals surface area contributed by atoms with Crippen molar-refractivity contribution in [3.63, 3.8) is 0 Å². The van der Waals surface area contributed by atoms with E-state index in [9.17, 15) is 0 Å². The molecule has 0 aliphatic carbocycles. The Morgan fingerprint density at radius 2 is 1.26 bits per heavy atom. The number of rotatable bonds is 14. The maximum absolute atomic E-state index is 5.52. The third-order valence-corrected chi connectivity index (χ3v) is 8.88. The second kappa shape index (κ2) is 19.3. The van der Waals surface area contributed by atoms with Gasteiger partial charge in [0.15, 0.2) is 0 Å². The van der Waals surface area contributed by atoms with E-state index in [-0.39, 0.29) is 0 Å². The van der Waals surface area contributed by atoms with Gasteiger partial charge in [-0.3, -0.25) is 0 Å². The predicted octanol–water partition coefficient (Wildman–Crippen LogP) is 3.17. The first-order chi connectivity index (χ1) is 11.1. The highest BCUT2D eigenvalue weighted by atomic mass is 32.1. The standard InChI is InChI=1S/C8H20O2SSi.C6H16O3SSi/c1-3-9-12(10-4-2)8-6-5-7-11;1-7-11(8-2,9-3)6-4-5-10/h11-12H,3-8H2,1-2H3;10H,4-6H2,1-3H3. The molecule has 142 valence electrons. The highest BCUT2D eigenvalue weighted by Gasteiger charge is 2.36. The fraction of sp³-hybridized carbons (Fsp3) is 1.00. The van der Waals surface area contributed by atoms with Crippen LogP contribution in [0.1, 0.15) is 33.1 Å². The monoisotopic (exact) mass is 404 g/mol. The smallest absolute Gasteiger partial charge is 0.397 e. The van der Waals surface area contributed by atoms with Crippen LogP contribution in [-0.4, -0.2) is 64.1 Å². The van der Waals surface area contributed by atoms with Crippen LogP contribution in [0.3, 0.4) is 0 Å². The lowest BCUT2D eigenvalue weighted by Crippen LogP contribution is -2.42. The quantitative estimate of drug-likeness (QED) is 0.264. The van der Waals surface area contributed by atoms with Crippen molar-refractivity contribution in [3.8, 4) is 0 Å². The van der Waals surface area contributed by atoms with Crippen molar-refractivity contribution in [2.45, 2.75) is 45.2 Å². The molecule has 0 amide bonds. The first kappa shape index (κ1) is 26.2. The highest BCUT2D eigenvalue weighted by molar-refractivity contribution is 7.80. The van der Waals surface area contributed by atoms with Gasteiger partial charge >= 0.3 is 18.1 Å². The van der Waals surface area contributed by atoms with Gasteiger partial charge in [-0.15, -0.1) is 0 Å². The van der Waals surface area contributed by atoms with E-state index >= 15 is 0 Å². The number of hydrogen-bond donors (Lipinski definition) is 2. The lowest BCUT2D eigenvalue weighted by molar-refractivity contribution is 0.123. The summed E-state index contributed by atoms with van der Waals surface area (Å²) in [4.78, 5) is 0. The van der Waals surface area contributed by atoms with Gasteiger partial charge in [-0.1, -0.05) is 6.42 Å². The molecule has 0 saturated carbocycles. The third kappa shape index (κ3) is 14.9. The van der Waals surface area contributed by atoms with Crippen molar-refractivity contribution in [1.82, 2.24) is 0 Å². The molecule has 0 aromatic heterocycles. The Morgan fingerprint density at radius 3 is 1.61 bits per heavy atom. The van der Waals surface area contributed by atoms with Crippen molar-refractivity contribution < 1.29 is 22.1 Å². The summed E-state index contributed by atoms with van der Waals surface area (Å²) >= 11 is 8.27. The van der Waals surface area contributed by atoms with Crippen LogP contribution in [0.25, 0.3) is 0 Å². The van der Waals surface area contributed by atoms with Crippen molar-refractivity contribution >= 4 is 43.3 Å². The molecular weight excluding hydrogens is 368 g/mol. The molecule has 5 nitrogen and oxygen atoms in total. The van der Waals surface area contributed by atoms with Gasteiger partial charge in [0.25, 0.3) is 0 Å². The van der Waals surface area contributed by atoms with E-state index in [1.54, 1.807) is 21.3 Å². The first-order valence-electron chi connectivity index (χ1n) is 8.19. The molecule has 0 rings (SSSR count). The summed E-state index contributed by atoms with van der Waals surface area (Å²) in [5.74, 6) is 1.81. The third-order valence-electron chi connectivity index (χ3n) is 3.13. The maximum Gasteiger partial charge on any atom is 0.500 e.